The molecule has 1 saturated heterocycles. The lowest BCUT2D eigenvalue weighted by Crippen LogP contribution is -2.43. The number of likely N-dealkylation sites (tertiary alicyclic amines) is 1. The van der Waals surface area contributed by atoms with Gasteiger partial charge in [-0.05, 0) is 62.7 Å². The summed E-state index contributed by atoms with van der Waals surface area (Å²) < 4.78 is 1.22. The van der Waals surface area contributed by atoms with Gasteiger partial charge in [0.1, 0.15) is 4.83 Å². The minimum absolute atomic E-state index is 0.618. The van der Waals surface area contributed by atoms with Crippen molar-refractivity contribution in [3.63, 3.8) is 0 Å². The fraction of sp³-hybridized carbons (Fsp3) is 0.391. The molecule has 1 unspecified atom stereocenters. The van der Waals surface area contributed by atoms with Crippen molar-refractivity contribution in [3.05, 3.63) is 46.9 Å². The number of aromatic nitrogens is 2. The average Bonchev–Trinajstić information content (AvgIpc) is 3.40. The largest absolute Gasteiger partial charge is 0.355 e. The zero-order valence-electron chi connectivity index (χ0n) is 16.9. The molecule has 1 aliphatic heterocycles. The lowest BCUT2D eigenvalue weighted by Gasteiger charge is -2.40. The van der Waals surface area contributed by atoms with Crippen LogP contribution in [0.4, 0.5) is 11.4 Å². The van der Waals surface area contributed by atoms with E-state index >= 15 is 0 Å². The topological polar surface area (TPSA) is 41.1 Å². The zero-order chi connectivity index (χ0) is 19.8. The van der Waals surface area contributed by atoms with Crippen molar-refractivity contribution in [3.8, 4) is 0 Å². The highest BCUT2D eigenvalue weighted by Gasteiger charge is 2.31. The summed E-state index contributed by atoms with van der Waals surface area (Å²) in [7, 11) is 0. The Kier molecular flexibility index (Phi) is 5.24. The molecule has 3 aromatic heterocycles. The van der Waals surface area contributed by atoms with Gasteiger partial charge in [0.2, 0.25) is 0 Å². The first kappa shape index (κ1) is 19.0. The highest BCUT2D eigenvalue weighted by molar-refractivity contribution is 7.18. The van der Waals surface area contributed by atoms with Gasteiger partial charge in [0.05, 0.1) is 21.4 Å². The maximum atomic E-state index is 4.68. The number of thiophene rings is 1. The third kappa shape index (κ3) is 3.54. The van der Waals surface area contributed by atoms with Crippen LogP contribution >= 0.6 is 22.7 Å². The molecule has 29 heavy (non-hydrogen) atoms. The van der Waals surface area contributed by atoms with Crippen LogP contribution in [-0.4, -0.2) is 34.0 Å². The Balaban J connectivity index is 1.49. The first-order valence-electron chi connectivity index (χ1n) is 10.5. The van der Waals surface area contributed by atoms with Gasteiger partial charge in [-0.15, -0.1) is 22.7 Å². The molecule has 1 aliphatic rings. The molecule has 4 aromatic rings. The summed E-state index contributed by atoms with van der Waals surface area (Å²) in [6, 6.07) is 11.5. The molecule has 4 nitrogen and oxygen atoms in total. The van der Waals surface area contributed by atoms with Crippen molar-refractivity contribution >= 4 is 54.5 Å². The molecule has 1 fully saturated rings. The van der Waals surface area contributed by atoms with E-state index in [2.05, 4.69) is 64.4 Å². The third-order valence-corrected chi connectivity index (χ3v) is 8.13. The van der Waals surface area contributed by atoms with Gasteiger partial charge in [0, 0.05) is 34.1 Å². The number of thiazole rings is 1. The maximum Gasteiger partial charge on any atom is 0.125 e. The predicted molar refractivity (Wildman–Crippen MR) is 126 cm³/mol. The fourth-order valence-electron chi connectivity index (χ4n) is 4.74. The van der Waals surface area contributed by atoms with Gasteiger partial charge in [0.25, 0.3) is 0 Å². The van der Waals surface area contributed by atoms with E-state index in [1.54, 1.807) is 11.3 Å². The van der Waals surface area contributed by atoms with Crippen molar-refractivity contribution in [1.29, 1.82) is 0 Å². The zero-order valence-corrected chi connectivity index (χ0v) is 18.5. The smallest absolute Gasteiger partial charge is 0.125 e. The Hall–Kier alpha value is -2.02. The number of anilines is 2. The van der Waals surface area contributed by atoms with E-state index in [1.807, 2.05) is 23.0 Å². The van der Waals surface area contributed by atoms with Gasteiger partial charge < -0.3 is 10.2 Å². The third-order valence-electron chi connectivity index (χ3n) is 6.15. The van der Waals surface area contributed by atoms with E-state index in [0.717, 1.165) is 28.3 Å². The van der Waals surface area contributed by atoms with Gasteiger partial charge in [-0.1, -0.05) is 13.8 Å². The van der Waals surface area contributed by atoms with Crippen molar-refractivity contribution in [1.82, 2.24) is 14.9 Å². The number of rotatable bonds is 5. The van der Waals surface area contributed by atoms with Crippen molar-refractivity contribution < 1.29 is 0 Å². The van der Waals surface area contributed by atoms with Gasteiger partial charge in [-0.3, -0.25) is 0 Å². The standard InChI is InChI=1S/C23H26N4S2/c1-3-20-16(6-5-11-27(20)4-2)22-13-17-18(9-10-24-23(17)29-22)26-15-7-8-21-19(12-15)25-14-28-21/h7-10,12-14,16,20H,3-6,11H2,1-2H3,(H,24,26)/t16?,20-/m0/s1. The van der Waals surface area contributed by atoms with Crippen molar-refractivity contribution in [2.45, 2.75) is 45.1 Å². The Labute approximate surface area is 179 Å². The van der Waals surface area contributed by atoms with Crippen molar-refractivity contribution in [2.75, 3.05) is 18.4 Å². The molecule has 0 saturated carbocycles. The van der Waals surface area contributed by atoms with E-state index in [1.165, 1.54) is 40.8 Å². The minimum atomic E-state index is 0.618. The lowest BCUT2D eigenvalue weighted by molar-refractivity contribution is 0.131. The summed E-state index contributed by atoms with van der Waals surface area (Å²) in [6.07, 6.45) is 5.70. The van der Waals surface area contributed by atoms with Crippen LogP contribution in [0.15, 0.2) is 42.0 Å². The molecular weight excluding hydrogens is 396 g/mol. The number of nitrogens with one attached hydrogen (secondary N) is 1. The van der Waals surface area contributed by atoms with E-state index in [0.29, 0.717) is 12.0 Å². The normalized spacial score (nSPS) is 20.5. The molecule has 5 rings (SSSR count). The van der Waals surface area contributed by atoms with Crippen LogP contribution in [0.25, 0.3) is 20.4 Å². The minimum Gasteiger partial charge on any atom is -0.355 e. The average molecular weight is 423 g/mol. The molecule has 1 N–H and O–H groups in total. The Bertz CT molecular complexity index is 1130. The summed E-state index contributed by atoms with van der Waals surface area (Å²) >= 11 is 3.55. The number of hydrogen-bond acceptors (Lipinski definition) is 6. The van der Waals surface area contributed by atoms with E-state index in [4.69, 9.17) is 0 Å². The molecule has 2 atom stereocenters. The summed E-state index contributed by atoms with van der Waals surface area (Å²) in [5.74, 6) is 0.618. The van der Waals surface area contributed by atoms with Gasteiger partial charge in [0.15, 0.2) is 0 Å². The number of pyridine rings is 1. The Morgan fingerprint density at radius 1 is 1.17 bits per heavy atom. The van der Waals surface area contributed by atoms with E-state index in [9.17, 15) is 0 Å². The molecule has 0 amide bonds. The quantitative estimate of drug-likeness (QED) is 0.392. The van der Waals surface area contributed by atoms with Gasteiger partial charge >= 0.3 is 0 Å². The van der Waals surface area contributed by atoms with Gasteiger partial charge in [-0.2, -0.15) is 0 Å². The van der Waals surface area contributed by atoms with E-state index < -0.39 is 0 Å². The molecule has 0 radical (unpaired) electrons. The molecule has 1 aromatic carbocycles. The fourth-order valence-corrected chi connectivity index (χ4v) is 6.61. The van der Waals surface area contributed by atoms with Crippen LogP contribution in [0.3, 0.4) is 0 Å². The van der Waals surface area contributed by atoms with Crippen LogP contribution in [0.5, 0.6) is 0 Å². The first-order valence-corrected chi connectivity index (χ1v) is 12.2. The number of piperidine rings is 1. The number of likely N-dealkylation sites (N-methyl/N-ethyl adjacent to an activating group) is 1. The summed E-state index contributed by atoms with van der Waals surface area (Å²) in [5, 5.41) is 4.84. The summed E-state index contributed by atoms with van der Waals surface area (Å²) in [4.78, 5) is 14.4. The number of nitrogens with zero attached hydrogens (tertiary/aromatic N) is 3. The molecule has 6 heteroatoms. The first-order chi connectivity index (χ1) is 14.3. The second kappa shape index (κ2) is 8.01. The monoisotopic (exact) mass is 422 g/mol. The molecule has 0 bridgehead atoms. The molecule has 4 heterocycles. The predicted octanol–water partition coefficient (Wildman–Crippen LogP) is 6.63. The summed E-state index contributed by atoms with van der Waals surface area (Å²) in [6.45, 7) is 7.00. The maximum absolute atomic E-state index is 4.68. The lowest BCUT2D eigenvalue weighted by atomic mass is 9.86. The van der Waals surface area contributed by atoms with Crippen LogP contribution in [-0.2, 0) is 0 Å². The second-order valence-corrected chi connectivity index (χ2v) is 9.69. The molecule has 0 aliphatic carbocycles. The molecular formula is C23H26N4S2. The molecule has 0 spiro atoms. The van der Waals surface area contributed by atoms with Crippen LogP contribution in [0, 0.1) is 0 Å². The van der Waals surface area contributed by atoms with Gasteiger partial charge in [-0.25, -0.2) is 9.97 Å². The highest BCUT2D eigenvalue weighted by Crippen LogP contribution is 2.41. The Morgan fingerprint density at radius 2 is 2.10 bits per heavy atom. The SMILES string of the molecule is CC[C@H]1C(c2cc3c(Nc4ccc5scnc5c4)ccnc3s2)CCCN1CC. The van der Waals surface area contributed by atoms with Crippen molar-refractivity contribution in [2.24, 2.45) is 0 Å². The summed E-state index contributed by atoms with van der Waals surface area (Å²) in [5.41, 5.74) is 5.15. The number of hydrogen-bond donors (Lipinski definition) is 1. The molecule has 150 valence electrons. The van der Waals surface area contributed by atoms with E-state index in [-0.39, 0.29) is 0 Å². The van der Waals surface area contributed by atoms with Crippen LogP contribution in [0.2, 0.25) is 0 Å². The number of fused-ring (bicyclic) bond motifs is 2. The van der Waals surface area contributed by atoms with Crippen LogP contribution in [0.1, 0.15) is 43.9 Å². The van der Waals surface area contributed by atoms with Crippen LogP contribution < -0.4 is 5.32 Å². The Morgan fingerprint density at radius 3 is 2.97 bits per heavy atom. The highest BCUT2D eigenvalue weighted by atomic mass is 32.1. The number of benzene rings is 1. The second-order valence-electron chi connectivity index (χ2n) is 7.74.